The fourth-order valence-electron chi connectivity index (χ4n) is 2.45. The maximum absolute atomic E-state index is 3.60. The Morgan fingerprint density at radius 2 is 2.19 bits per heavy atom. The molecule has 1 aromatic carbocycles. The van der Waals surface area contributed by atoms with Crippen LogP contribution in [0.5, 0.6) is 0 Å². The lowest BCUT2D eigenvalue weighted by Gasteiger charge is -2.41. The van der Waals surface area contributed by atoms with Gasteiger partial charge in [0.05, 0.1) is 0 Å². The highest BCUT2D eigenvalue weighted by molar-refractivity contribution is 9.10. The van der Waals surface area contributed by atoms with Crippen LogP contribution >= 0.6 is 15.9 Å². The standard InChI is InChI=1S/C14H20BrN/c1-2-14(7-4-8-14)11-16-10-12-5-3-6-13(15)9-12/h3,5-6,9,16H,2,4,7-8,10-11H2,1H3. The van der Waals surface area contributed by atoms with Crippen LogP contribution in [-0.4, -0.2) is 6.54 Å². The van der Waals surface area contributed by atoms with Crippen molar-refractivity contribution in [3.8, 4) is 0 Å². The van der Waals surface area contributed by atoms with E-state index in [9.17, 15) is 0 Å². The summed E-state index contributed by atoms with van der Waals surface area (Å²) in [5.74, 6) is 0. The third-order valence-corrected chi connectivity index (χ3v) is 4.38. The van der Waals surface area contributed by atoms with E-state index in [1.807, 2.05) is 0 Å². The SMILES string of the molecule is CCC1(CNCc2cccc(Br)c2)CCC1. The Morgan fingerprint density at radius 3 is 2.75 bits per heavy atom. The summed E-state index contributed by atoms with van der Waals surface area (Å²) in [6.07, 6.45) is 5.56. The first-order chi connectivity index (χ1) is 7.74. The lowest BCUT2D eigenvalue weighted by molar-refractivity contribution is 0.124. The lowest BCUT2D eigenvalue weighted by atomic mass is 9.67. The maximum atomic E-state index is 3.60. The summed E-state index contributed by atoms with van der Waals surface area (Å²) >= 11 is 3.50. The molecule has 1 aliphatic carbocycles. The van der Waals surface area contributed by atoms with Gasteiger partial charge in [-0.2, -0.15) is 0 Å². The molecule has 0 aliphatic heterocycles. The van der Waals surface area contributed by atoms with Gasteiger partial charge in [0.25, 0.3) is 0 Å². The first-order valence-electron chi connectivity index (χ1n) is 6.19. The van der Waals surface area contributed by atoms with Crippen LogP contribution in [0.15, 0.2) is 28.7 Å². The van der Waals surface area contributed by atoms with E-state index in [0.29, 0.717) is 5.41 Å². The maximum Gasteiger partial charge on any atom is 0.0206 e. The van der Waals surface area contributed by atoms with Crippen LogP contribution in [0.4, 0.5) is 0 Å². The van der Waals surface area contributed by atoms with Crippen molar-refractivity contribution in [2.75, 3.05) is 6.54 Å². The molecule has 0 bridgehead atoms. The van der Waals surface area contributed by atoms with E-state index in [2.05, 4.69) is 52.4 Å². The molecule has 0 amide bonds. The van der Waals surface area contributed by atoms with Crippen LogP contribution in [-0.2, 0) is 6.54 Å². The van der Waals surface area contributed by atoms with Crippen molar-refractivity contribution in [2.24, 2.45) is 5.41 Å². The molecule has 1 saturated carbocycles. The Kier molecular flexibility index (Phi) is 4.04. The summed E-state index contributed by atoms with van der Waals surface area (Å²) in [5, 5.41) is 3.60. The Balaban J connectivity index is 1.79. The molecule has 0 radical (unpaired) electrons. The summed E-state index contributed by atoms with van der Waals surface area (Å²) in [6, 6.07) is 8.53. The predicted molar refractivity (Wildman–Crippen MR) is 72.4 cm³/mol. The van der Waals surface area contributed by atoms with Gasteiger partial charge in [-0.1, -0.05) is 41.4 Å². The van der Waals surface area contributed by atoms with Gasteiger partial charge in [-0.3, -0.25) is 0 Å². The van der Waals surface area contributed by atoms with Crippen LogP contribution in [0.25, 0.3) is 0 Å². The molecule has 1 aliphatic rings. The molecule has 0 heterocycles. The third-order valence-electron chi connectivity index (χ3n) is 3.88. The van der Waals surface area contributed by atoms with E-state index in [1.165, 1.54) is 42.3 Å². The van der Waals surface area contributed by atoms with Crippen molar-refractivity contribution in [3.05, 3.63) is 34.3 Å². The number of hydrogen-bond donors (Lipinski definition) is 1. The molecule has 1 fully saturated rings. The minimum atomic E-state index is 0.617. The molecule has 1 aromatic rings. The molecule has 88 valence electrons. The first-order valence-corrected chi connectivity index (χ1v) is 6.99. The van der Waals surface area contributed by atoms with Crippen molar-refractivity contribution in [1.82, 2.24) is 5.32 Å². The van der Waals surface area contributed by atoms with Crippen molar-refractivity contribution in [3.63, 3.8) is 0 Å². The molecule has 2 rings (SSSR count). The minimum Gasteiger partial charge on any atom is -0.312 e. The van der Waals surface area contributed by atoms with E-state index in [-0.39, 0.29) is 0 Å². The highest BCUT2D eigenvalue weighted by Gasteiger charge is 2.34. The van der Waals surface area contributed by atoms with Crippen LogP contribution in [0.3, 0.4) is 0 Å². The van der Waals surface area contributed by atoms with E-state index in [1.54, 1.807) is 0 Å². The minimum absolute atomic E-state index is 0.617. The second-order valence-electron chi connectivity index (χ2n) is 4.94. The monoisotopic (exact) mass is 281 g/mol. The highest BCUT2D eigenvalue weighted by Crippen LogP contribution is 2.43. The van der Waals surface area contributed by atoms with E-state index in [0.717, 1.165) is 6.54 Å². The van der Waals surface area contributed by atoms with E-state index in [4.69, 9.17) is 0 Å². The smallest absolute Gasteiger partial charge is 0.0206 e. The summed E-state index contributed by atoms with van der Waals surface area (Å²) in [7, 11) is 0. The van der Waals surface area contributed by atoms with Gasteiger partial charge in [0.1, 0.15) is 0 Å². The van der Waals surface area contributed by atoms with Gasteiger partial charge in [0, 0.05) is 17.6 Å². The van der Waals surface area contributed by atoms with Gasteiger partial charge >= 0.3 is 0 Å². The van der Waals surface area contributed by atoms with E-state index >= 15 is 0 Å². The molecule has 0 spiro atoms. The molecule has 16 heavy (non-hydrogen) atoms. The second-order valence-corrected chi connectivity index (χ2v) is 5.86. The average molecular weight is 282 g/mol. The first kappa shape index (κ1) is 12.1. The van der Waals surface area contributed by atoms with Crippen LogP contribution < -0.4 is 5.32 Å². The van der Waals surface area contributed by atoms with Gasteiger partial charge in [-0.15, -0.1) is 0 Å². The summed E-state index contributed by atoms with van der Waals surface area (Å²) in [5.41, 5.74) is 1.98. The van der Waals surface area contributed by atoms with Crippen LogP contribution in [0.2, 0.25) is 0 Å². The van der Waals surface area contributed by atoms with Gasteiger partial charge < -0.3 is 5.32 Å². The largest absolute Gasteiger partial charge is 0.312 e. The lowest BCUT2D eigenvalue weighted by Crippen LogP contribution is -2.39. The van der Waals surface area contributed by atoms with Crippen LogP contribution in [0.1, 0.15) is 38.2 Å². The van der Waals surface area contributed by atoms with Gasteiger partial charge in [-0.25, -0.2) is 0 Å². The van der Waals surface area contributed by atoms with Crippen molar-refractivity contribution in [1.29, 1.82) is 0 Å². The molecule has 0 atom stereocenters. The highest BCUT2D eigenvalue weighted by atomic mass is 79.9. The quantitative estimate of drug-likeness (QED) is 0.856. The third kappa shape index (κ3) is 2.86. The molecule has 1 nitrogen and oxygen atoms in total. The average Bonchev–Trinajstić information content (AvgIpc) is 2.22. The van der Waals surface area contributed by atoms with Crippen molar-refractivity contribution in [2.45, 2.75) is 39.2 Å². The Labute approximate surface area is 107 Å². The molecule has 0 saturated heterocycles. The van der Waals surface area contributed by atoms with Crippen molar-refractivity contribution >= 4 is 15.9 Å². The van der Waals surface area contributed by atoms with Gasteiger partial charge in [-0.05, 0) is 42.4 Å². The Morgan fingerprint density at radius 1 is 1.38 bits per heavy atom. The fraction of sp³-hybridized carbons (Fsp3) is 0.571. The zero-order chi connectivity index (χ0) is 11.4. The molecule has 0 aromatic heterocycles. The van der Waals surface area contributed by atoms with Crippen molar-refractivity contribution < 1.29 is 0 Å². The number of nitrogens with one attached hydrogen (secondary N) is 1. The Hall–Kier alpha value is -0.340. The fourth-order valence-corrected chi connectivity index (χ4v) is 2.90. The number of halogens is 1. The Bertz CT molecular complexity index is 339. The van der Waals surface area contributed by atoms with Gasteiger partial charge in [0.15, 0.2) is 0 Å². The predicted octanol–water partition coefficient (Wildman–Crippen LogP) is 4.12. The topological polar surface area (TPSA) is 12.0 Å². The normalized spacial score (nSPS) is 18.1. The summed E-state index contributed by atoms with van der Waals surface area (Å²) in [6.45, 7) is 4.48. The van der Waals surface area contributed by atoms with Gasteiger partial charge in [0.2, 0.25) is 0 Å². The zero-order valence-corrected chi connectivity index (χ0v) is 11.5. The number of benzene rings is 1. The molecule has 1 N–H and O–H groups in total. The number of rotatable bonds is 5. The zero-order valence-electron chi connectivity index (χ0n) is 9.93. The van der Waals surface area contributed by atoms with Crippen LogP contribution in [0, 0.1) is 5.41 Å². The molecular weight excluding hydrogens is 262 g/mol. The van der Waals surface area contributed by atoms with E-state index < -0.39 is 0 Å². The molecular formula is C14H20BrN. The second kappa shape index (κ2) is 5.33. The molecule has 0 unspecified atom stereocenters. The summed E-state index contributed by atoms with van der Waals surface area (Å²) < 4.78 is 1.17. The summed E-state index contributed by atoms with van der Waals surface area (Å²) in [4.78, 5) is 0. The molecule has 2 heteroatoms. The number of hydrogen-bond acceptors (Lipinski definition) is 1.